The average Bonchev–Trinajstić information content (AvgIpc) is 2.76. The molecule has 20 heavy (non-hydrogen) atoms. The van der Waals surface area contributed by atoms with Crippen molar-refractivity contribution in [2.45, 2.75) is 70.1 Å². The highest BCUT2D eigenvalue weighted by Gasteiger charge is 2.44. The van der Waals surface area contributed by atoms with Crippen LogP contribution in [0.1, 0.15) is 47.0 Å². The van der Waals surface area contributed by atoms with Crippen molar-refractivity contribution in [1.29, 1.82) is 5.26 Å². The number of nitrogens with one attached hydrogen (secondary N) is 1. The minimum Gasteiger partial charge on any atom is -0.299 e. The van der Waals surface area contributed by atoms with Crippen molar-refractivity contribution in [1.82, 2.24) is 15.1 Å². The second-order valence-electron chi connectivity index (χ2n) is 7.59. The highest BCUT2D eigenvalue weighted by molar-refractivity contribution is 5.14. The Bertz CT molecular complexity index is 384. The van der Waals surface area contributed by atoms with Gasteiger partial charge in [-0.3, -0.25) is 15.1 Å². The second-order valence-corrected chi connectivity index (χ2v) is 7.59. The zero-order valence-corrected chi connectivity index (χ0v) is 13.7. The van der Waals surface area contributed by atoms with Crippen LogP contribution in [0.15, 0.2) is 0 Å². The molecule has 2 atom stereocenters. The summed E-state index contributed by atoms with van der Waals surface area (Å²) in [4.78, 5) is 5.06. The number of piperazine rings is 1. The Morgan fingerprint density at radius 2 is 2.00 bits per heavy atom. The first-order valence-electron chi connectivity index (χ1n) is 7.92. The summed E-state index contributed by atoms with van der Waals surface area (Å²) in [5.74, 6) is 0. The molecule has 4 heteroatoms. The molecule has 2 unspecified atom stereocenters. The topological polar surface area (TPSA) is 42.3 Å². The number of hydrogen-bond acceptors (Lipinski definition) is 4. The summed E-state index contributed by atoms with van der Waals surface area (Å²) in [5, 5.41) is 13.1. The zero-order valence-electron chi connectivity index (χ0n) is 13.7. The van der Waals surface area contributed by atoms with Gasteiger partial charge < -0.3 is 0 Å². The Morgan fingerprint density at radius 3 is 2.55 bits per heavy atom. The number of rotatable bonds is 3. The highest BCUT2D eigenvalue weighted by Crippen LogP contribution is 2.35. The van der Waals surface area contributed by atoms with Gasteiger partial charge >= 0.3 is 0 Å². The number of nitriles is 1. The van der Waals surface area contributed by atoms with Crippen LogP contribution in [0, 0.1) is 11.3 Å². The van der Waals surface area contributed by atoms with Gasteiger partial charge in [0.1, 0.15) is 5.54 Å². The van der Waals surface area contributed by atoms with Gasteiger partial charge in [-0.25, -0.2) is 0 Å². The lowest BCUT2D eigenvalue weighted by atomic mass is 9.95. The quantitative estimate of drug-likeness (QED) is 0.855. The summed E-state index contributed by atoms with van der Waals surface area (Å²) in [6.45, 7) is 12.3. The molecule has 0 amide bonds. The minimum absolute atomic E-state index is 0.238. The van der Waals surface area contributed by atoms with E-state index in [-0.39, 0.29) is 11.1 Å². The van der Waals surface area contributed by atoms with E-state index in [1.807, 2.05) is 0 Å². The Labute approximate surface area is 124 Å². The van der Waals surface area contributed by atoms with Gasteiger partial charge in [-0.05, 0) is 54.0 Å². The molecule has 1 saturated carbocycles. The van der Waals surface area contributed by atoms with Crippen LogP contribution < -0.4 is 5.32 Å². The molecule has 0 aromatic carbocycles. The third-order valence-electron chi connectivity index (χ3n) is 5.13. The molecule has 2 rings (SSSR count). The first-order chi connectivity index (χ1) is 9.28. The normalized spacial score (nSPS) is 35.4. The van der Waals surface area contributed by atoms with Crippen molar-refractivity contribution in [2.75, 3.05) is 26.7 Å². The van der Waals surface area contributed by atoms with Crippen molar-refractivity contribution >= 4 is 0 Å². The van der Waals surface area contributed by atoms with Crippen LogP contribution >= 0.6 is 0 Å². The van der Waals surface area contributed by atoms with Crippen LogP contribution in [-0.4, -0.2) is 59.6 Å². The van der Waals surface area contributed by atoms with E-state index >= 15 is 0 Å². The van der Waals surface area contributed by atoms with Gasteiger partial charge in [0.15, 0.2) is 0 Å². The Hall–Kier alpha value is -0.630. The summed E-state index contributed by atoms with van der Waals surface area (Å²) in [5.41, 5.74) is -0.0616. The van der Waals surface area contributed by atoms with Gasteiger partial charge in [0.25, 0.3) is 0 Å². The average molecular weight is 278 g/mol. The molecule has 1 aliphatic carbocycles. The first kappa shape index (κ1) is 15.8. The van der Waals surface area contributed by atoms with Crippen LogP contribution in [-0.2, 0) is 0 Å². The maximum absolute atomic E-state index is 9.59. The van der Waals surface area contributed by atoms with Crippen molar-refractivity contribution in [3.8, 4) is 6.07 Å². The molecule has 1 aliphatic heterocycles. The lowest BCUT2D eigenvalue weighted by molar-refractivity contribution is 0.0169. The summed E-state index contributed by atoms with van der Waals surface area (Å²) >= 11 is 0. The van der Waals surface area contributed by atoms with Crippen LogP contribution in [0.4, 0.5) is 0 Å². The molecular weight excluding hydrogens is 248 g/mol. The van der Waals surface area contributed by atoms with Gasteiger partial charge in [0.2, 0.25) is 0 Å². The molecule has 114 valence electrons. The van der Waals surface area contributed by atoms with E-state index < -0.39 is 0 Å². The molecule has 0 bridgehead atoms. The third-order valence-corrected chi connectivity index (χ3v) is 5.13. The SMILES string of the molecule is CC(C)NC1(C#N)CCC(N2CCN(C)C(C)(C)C2)C1. The monoisotopic (exact) mass is 278 g/mol. The maximum Gasteiger partial charge on any atom is 0.108 e. The van der Waals surface area contributed by atoms with E-state index in [0.29, 0.717) is 12.1 Å². The van der Waals surface area contributed by atoms with Crippen LogP contribution in [0.5, 0.6) is 0 Å². The van der Waals surface area contributed by atoms with Gasteiger partial charge in [-0.2, -0.15) is 5.26 Å². The van der Waals surface area contributed by atoms with Gasteiger partial charge in [0.05, 0.1) is 6.07 Å². The minimum atomic E-state index is -0.299. The Morgan fingerprint density at radius 1 is 1.30 bits per heavy atom. The zero-order chi connectivity index (χ0) is 15.0. The first-order valence-corrected chi connectivity index (χ1v) is 7.92. The fourth-order valence-electron chi connectivity index (χ4n) is 3.74. The van der Waals surface area contributed by atoms with Crippen molar-refractivity contribution in [2.24, 2.45) is 0 Å². The van der Waals surface area contributed by atoms with Gasteiger partial charge in [0, 0.05) is 37.3 Å². The predicted octanol–water partition coefficient (Wildman–Crippen LogP) is 1.83. The molecule has 2 fully saturated rings. The lowest BCUT2D eigenvalue weighted by Crippen LogP contribution is -2.59. The maximum atomic E-state index is 9.59. The Kier molecular flexibility index (Phi) is 4.44. The Balaban J connectivity index is 2.01. The summed E-state index contributed by atoms with van der Waals surface area (Å²) in [6, 6.07) is 3.50. The predicted molar refractivity (Wildman–Crippen MR) is 82.5 cm³/mol. The number of hydrogen-bond donors (Lipinski definition) is 1. The van der Waals surface area contributed by atoms with E-state index in [1.165, 1.54) is 0 Å². The summed E-state index contributed by atoms with van der Waals surface area (Å²) < 4.78 is 0. The van der Waals surface area contributed by atoms with Gasteiger partial charge in [-0.15, -0.1) is 0 Å². The van der Waals surface area contributed by atoms with Crippen molar-refractivity contribution < 1.29 is 0 Å². The van der Waals surface area contributed by atoms with Crippen LogP contribution in [0.2, 0.25) is 0 Å². The van der Waals surface area contributed by atoms with Crippen molar-refractivity contribution in [3.63, 3.8) is 0 Å². The lowest BCUT2D eigenvalue weighted by Gasteiger charge is -2.47. The fraction of sp³-hybridized carbons (Fsp3) is 0.938. The summed E-state index contributed by atoms with van der Waals surface area (Å²) in [7, 11) is 2.21. The van der Waals surface area contributed by atoms with E-state index in [0.717, 1.165) is 38.9 Å². The second kappa shape index (κ2) is 5.63. The highest BCUT2D eigenvalue weighted by atomic mass is 15.3. The van der Waals surface area contributed by atoms with E-state index in [9.17, 15) is 5.26 Å². The summed E-state index contributed by atoms with van der Waals surface area (Å²) in [6.07, 6.45) is 3.10. The molecule has 0 aromatic heterocycles. The number of likely N-dealkylation sites (N-methyl/N-ethyl adjacent to an activating group) is 1. The fourth-order valence-corrected chi connectivity index (χ4v) is 3.74. The molecule has 2 aliphatic rings. The standard InChI is InChI=1S/C16H30N4/c1-13(2)18-16(11-17)7-6-14(10-16)20-9-8-19(5)15(3,4)12-20/h13-14,18H,6-10,12H2,1-5H3. The largest absolute Gasteiger partial charge is 0.299 e. The number of nitrogens with zero attached hydrogens (tertiary/aromatic N) is 3. The van der Waals surface area contributed by atoms with Gasteiger partial charge in [-0.1, -0.05) is 0 Å². The molecular formula is C16H30N4. The van der Waals surface area contributed by atoms with E-state index in [2.05, 4.69) is 55.9 Å². The van der Waals surface area contributed by atoms with Crippen LogP contribution in [0.3, 0.4) is 0 Å². The van der Waals surface area contributed by atoms with Crippen LogP contribution in [0.25, 0.3) is 0 Å². The molecule has 0 spiro atoms. The molecule has 1 saturated heterocycles. The smallest absolute Gasteiger partial charge is 0.108 e. The molecule has 4 nitrogen and oxygen atoms in total. The van der Waals surface area contributed by atoms with E-state index in [1.54, 1.807) is 0 Å². The molecule has 1 N–H and O–H groups in total. The third kappa shape index (κ3) is 3.16. The van der Waals surface area contributed by atoms with Crippen molar-refractivity contribution in [3.05, 3.63) is 0 Å². The molecule has 0 aromatic rings. The van der Waals surface area contributed by atoms with E-state index in [4.69, 9.17) is 0 Å². The molecule has 1 heterocycles. The molecule has 0 radical (unpaired) electrons.